The Hall–Kier alpha value is -0.160. The van der Waals surface area contributed by atoms with Crippen molar-refractivity contribution >= 4 is 0 Å². The van der Waals surface area contributed by atoms with Gasteiger partial charge in [-0.15, -0.1) is 0 Å². The van der Waals surface area contributed by atoms with E-state index in [1.807, 2.05) is 0 Å². The standard InChI is InChI=1S/C4H12N2O2/c1-3(7)8-4(2,5)6/h3,7H,5-6H2,1-2H3. The van der Waals surface area contributed by atoms with Crippen molar-refractivity contribution in [1.82, 2.24) is 0 Å². The predicted molar refractivity (Wildman–Crippen MR) is 29.5 cm³/mol. The van der Waals surface area contributed by atoms with Gasteiger partial charge in [0.2, 0.25) is 0 Å². The van der Waals surface area contributed by atoms with E-state index >= 15 is 0 Å². The average Bonchev–Trinajstić information content (AvgIpc) is 1.21. The molecule has 0 saturated carbocycles. The molecular formula is C4H12N2O2. The van der Waals surface area contributed by atoms with Gasteiger partial charge in [-0.2, -0.15) is 0 Å². The SMILES string of the molecule is CC(O)OC(C)(N)N. The molecule has 0 radical (unpaired) electrons. The van der Waals surface area contributed by atoms with Crippen LogP contribution >= 0.6 is 0 Å². The minimum atomic E-state index is -1.23. The number of hydrogen-bond acceptors (Lipinski definition) is 4. The zero-order chi connectivity index (χ0) is 6.78. The summed E-state index contributed by atoms with van der Waals surface area (Å²) in [4.78, 5) is 0. The van der Waals surface area contributed by atoms with Crippen molar-refractivity contribution in [2.75, 3.05) is 0 Å². The first kappa shape index (κ1) is 7.84. The summed E-state index contributed by atoms with van der Waals surface area (Å²) in [6, 6.07) is 0. The van der Waals surface area contributed by atoms with E-state index in [1.54, 1.807) is 0 Å². The van der Waals surface area contributed by atoms with Crippen molar-refractivity contribution in [3.63, 3.8) is 0 Å². The maximum absolute atomic E-state index is 8.51. The zero-order valence-electron chi connectivity index (χ0n) is 5.09. The molecule has 1 atom stereocenters. The molecule has 0 saturated heterocycles. The van der Waals surface area contributed by atoms with Gasteiger partial charge in [0.05, 0.1) is 0 Å². The van der Waals surface area contributed by atoms with Crippen LogP contribution in [0.2, 0.25) is 0 Å². The normalized spacial score (nSPS) is 16.1. The van der Waals surface area contributed by atoms with Gasteiger partial charge < -0.3 is 9.84 Å². The Bertz CT molecular complexity index is 66.9. The Balaban J connectivity index is 3.39. The number of aliphatic hydroxyl groups excluding tert-OH is 1. The maximum atomic E-state index is 8.51. The van der Waals surface area contributed by atoms with E-state index in [0.717, 1.165) is 0 Å². The molecule has 0 aromatic heterocycles. The second-order valence-corrected chi connectivity index (χ2v) is 1.90. The minimum absolute atomic E-state index is 0.907. The highest BCUT2D eigenvalue weighted by molar-refractivity contribution is 4.52. The number of nitrogens with two attached hydrogens (primary N) is 2. The summed E-state index contributed by atoms with van der Waals surface area (Å²) >= 11 is 0. The number of rotatable bonds is 2. The van der Waals surface area contributed by atoms with Crippen molar-refractivity contribution in [2.45, 2.75) is 26.0 Å². The van der Waals surface area contributed by atoms with Crippen molar-refractivity contribution < 1.29 is 9.84 Å². The van der Waals surface area contributed by atoms with Crippen molar-refractivity contribution in [2.24, 2.45) is 11.5 Å². The Morgan fingerprint density at radius 3 is 2.00 bits per heavy atom. The molecule has 0 aromatic carbocycles. The fourth-order valence-corrected chi connectivity index (χ4v) is 0.367. The summed E-state index contributed by atoms with van der Waals surface area (Å²) < 4.78 is 4.55. The van der Waals surface area contributed by atoms with Crippen LogP contribution < -0.4 is 11.5 Å². The van der Waals surface area contributed by atoms with Gasteiger partial charge in [0.1, 0.15) is 0 Å². The van der Waals surface area contributed by atoms with Crippen molar-refractivity contribution in [3.8, 4) is 0 Å². The van der Waals surface area contributed by atoms with Crippen LogP contribution in [-0.4, -0.2) is 17.2 Å². The van der Waals surface area contributed by atoms with E-state index in [1.165, 1.54) is 13.8 Å². The fourth-order valence-electron chi connectivity index (χ4n) is 0.367. The lowest BCUT2D eigenvalue weighted by Crippen LogP contribution is -2.50. The summed E-state index contributed by atoms with van der Waals surface area (Å²) in [6.45, 7) is 2.90. The van der Waals surface area contributed by atoms with Gasteiger partial charge in [0.15, 0.2) is 12.1 Å². The summed E-state index contributed by atoms with van der Waals surface area (Å²) in [5.41, 5.74) is 10.3. The van der Waals surface area contributed by atoms with E-state index in [-0.39, 0.29) is 0 Å². The molecule has 0 aromatic rings. The molecule has 0 spiro atoms. The largest absolute Gasteiger partial charge is 0.368 e. The van der Waals surface area contributed by atoms with E-state index in [9.17, 15) is 0 Å². The molecule has 0 fully saturated rings. The number of hydrogen-bond donors (Lipinski definition) is 3. The molecule has 1 unspecified atom stereocenters. The van der Waals surface area contributed by atoms with Gasteiger partial charge in [-0.25, -0.2) is 0 Å². The van der Waals surface area contributed by atoms with E-state index in [0.29, 0.717) is 0 Å². The third kappa shape index (κ3) is 5.84. The second kappa shape index (κ2) is 2.41. The first-order valence-electron chi connectivity index (χ1n) is 2.35. The molecule has 0 bridgehead atoms. The van der Waals surface area contributed by atoms with Crippen LogP contribution in [0.1, 0.15) is 13.8 Å². The Morgan fingerprint density at radius 2 is 2.00 bits per heavy atom. The zero-order valence-corrected chi connectivity index (χ0v) is 5.09. The monoisotopic (exact) mass is 120 g/mol. The van der Waals surface area contributed by atoms with Gasteiger partial charge in [0.25, 0.3) is 0 Å². The molecular weight excluding hydrogens is 108 g/mol. The van der Waals surface area contributed by atoms with E-state index < -0.39 is 12.1 Å². The maximum Gasteiger partial charge on any atom is 0.169 e. The third-order valence-corrected chi connectivity index (χ3v) is 0.424. The molecule has 5 N–H and O–H groups in total. The quantitative estimate of drug-likeness (QED) is 0.405. The molecule has 0 aliphatic rings. The number of ether oxygens (including phenoxy) is 1. The van der Waals surface area contributed by atoms with Gasteiger partial charge >= 0.3 is 0 Å². The molecule has 4 heteroatoms. The molecule has 50 valence electrons. The average molecular weight is 120 g/mol. The minimum Gasteiger partial charge on any atom is -0.368 e. The highest BCUT2D eigenvalue weighted by Gasteiger charge is 2.13. The van der Waals surface area contributed by atoms with Crippen LogP contribution in [0.15, 0.2) is 0 Å². The first-order chi connectivity index (χ1) is 3.42. The summed E-state index contributed by atoms with van der Waals surface area (Å²) in [5.74, 6) is -1.23. The molecule has 0 heterocycles. The van der Waals surface area contributed by atoms with Gasteiger partial charge in [-0.1, -0.05) is 0 Å². The van der Waals surface area contributed by atoms with Gasteiger partial charge in [-0.05, 0) is 13.8 Å². The predicted octanol–water partition coefficient (Wildman–Crippen LogP) is -1.07. The van der Waals surface area contributed by atoms with E-state index in [2.05, 4.69) is 4.74 Å². The summed E-state index contributed by atoms with van der Waals surface area (Å²) in [5, 5.41) is 8.51. The third-order valence-electron chi connectivity index (χ3n) is 0.424. The van der Waals surface area contributed by atoms with Crippen LogP contribution in [0.3, 0.4) is 0 Å². The molecule has 4 nitrogen and oxygen atoms in total. The molecule has 0 rings (SSSR count). The molecule has 0 amide bonds. The summed E-state index contributed by atoms with van der Waals surface area (Å²) in [7, 11) is 0. The van der Waals surface area contributed by atoms with Crippen LogP contribution in [0.4, 0.5) is 0 Å². The van der Waals surface area contributed by atoms with Crippen LogP contribution in [0.5, 0.6) is 0 Å². The highest BCUT2D eigenvalue weighted by Crippen LogP contribution is 1.94. The summed E-state index contributed by atoms with van der Waals surface area (Å²) in [6.07, 6.45) is -0.907. The van der Waals surface area contributed by atoms with Crippen LogP contribution in [0, 0.1) is 0 Å². The topological polar surface area (TPSA) is 81.5 Å². The molecule has 8 heavy (non-hydrogen) atoms. The molecule has 0 aliphatic heterocycles. The van der Waals surface area contributed by atoms with Crippen LogP contribution in [-0.2, 0) is 4.74 Å². The fraction of sp³-hybridized carbons (Fsp3) is 1.00. The van der Waals surface area contributed by atoms with Gasteiger partial charge in [0, 0.05) is 0 Å². The lowest BCUT2D eigenvalue weighted by Gasteiger charge is -2.20. The Morgan fingerprint density at radius 1 is 1.62 bits per heavy atom. The van der Waals surface area contributed by atoms with Crippen LogP contribution in [0.25, 0.3) is 0 Å². The van der Waals surface area contributed by atoms with Gasteiger partial charge in [-0.3, -0.25) is 11.5 Å². The smallest absolute Gasteiger partial charge is 0.169 e. The number of aliphatic hydroxyl groups is 1. The lowest BCUT2D eigenvalue weighted by atomic mass is 10.5. The Kier molecular flexibility index (Phi) is 2.36. The lowest BCUT2D eigenvalue weighted by molar-refractivity contribution is -0.164. The highest BCUT2D eigenvalue weighted by atomic mass is 16.6. The van der Waals surface area contributed by atoms with E-state index in [4.69, 9.17) is 16.6 Å². The first-order valence-corrected chi connectivity index (χ1v) is 2.35. The molecule has 0 aliphatic carbocycles. The van der Waals surface area contributed by atoms with Crippen molar-refractivity contribution in [1.29, 1.82) is 0 Å². The second-order valence-electron chi connectivity index (χ2n) is 1.90. The van der Waals surface area contributed by atoms with Crippen molar-refractivity contribution in [3.05, 3.63) is 0 Å². The Labute approximate surface area is 48.4 Å².